The first-order valence-electron chi connectivity index (χ1n) is 7.19. The smallest absolute Gasteiger partial charge is 0.385 e. The number of hydrogen-bond donors (Lipinski definition) is 0. The van der Waals surface area contributed by atoms with Crippen LogP contribution in [0.15, 0.2) is 42.5 Å². The summed E-state index contributed by atoms with van der Waals surface area (Å²) in [4.78, 5) is 47.6. The zero-order valence-corrected chi connectivity index (χ0v) is 14.5. The maximum absolute atomic E-state index is 12.1. The fourth-order valence-corrected chi connectivity index (χ4v) is 2.13. The molecule has 0 aliphatic carbocycles. The van der Waals surface area contributed by atoms with Crippen molar-refractivity contribution >= 4 is 35.3 Å². The van der Waals surface area contributed by atoms with Gasteiger partial charge in [0.2, 0.25) is 0 Å². The van der Waals surface area contributed by atoms with Crippen molar-refractivity contribution < 1.29 is 33.4 Å². The molecule has 7 nitrogen and oxygen atoms in total. The minimum absolute atomic E-state index is 0.0443. The molecule has 26 heavy (non-hydrogen) atoms. The van der Waals surface area contributed by atoms with Crippen molar-refractivity contribution in [2.45, 2.75) is 0 Å². The van der Waals surface area contributed by atoms with Crippen LogP contribution in [0.2, 0.25) is 5.02 Å². The summed E-state index contributed by atoms with van der Waals surface area (Å²) in [6.45, 7) is 0. The van der Waals surface area contributed by atoms with Crippen LogP contribution in [0.3, 0.4) is 0 Å². The highest BCUT2D eigenvalue weighted by Gasteiger charge is 2.21. The number of halogens is 1. The van der Waals surface area contributed by atoms with Crippen molar-refractivity contribution in [1.29, 1.82) is 0 Å². The van der Waals surface area contributed by atoms with Gasteiger partial charge in [0, 0.05) is 10.6 Å². The second-order valence-corrected chi connectivity index (χ2v) is 5.39. The normalized spacial score (nSPS) is 9.96. The fraction of sp³-hybridized carbons (Fsp3) is 0.111. The van der Waals surface area contributed by atoms with Gasteiger partial charge in [-0.3, -0.25) is 4.79 Å². The van der Waals surface area contributed by atoms with Crippen LogP contribution in [0.1, 0.15) is 31.1 Å². The SMILES string of the molecule is COC(=O)c1cc(OC(=O)C(=O)c2ccc(Cl)cc2)cc(C(=O)OC)c1. The standard InChI is InChI=1S/C18H13ClO7/c1-24-16(21)11-7-12(17(22)25-2)9-14(8-11)26-18(23)15(20)10-3-5-13(19)6-4-10/h3-9H,1-2H3. The van der Waals surface area contributed by atoms with Gasteiger partial charge in [0.05, 0.1) is 25.3 Å². The molecule has 0 aliphatic rings. The van der Waals surface area contributed by atoms with Crippen LogP contribution in [-0.4, -0.2) is 37.9 Å². The van der Waals surface area contributed by atoms with Gasteiger partial charge in [-0.25, -0.2) is 14.4 Å². The number of Topliss-reactive ketones (excluding diaryl/α,β-unsaturated/α-hetero) is 1. The Hall–Kier alpha value is -3.19. The number of methoxy groups -OCH3 is 2. The van der Waals surface area contributed by atoms with Gasteiger partial charge in [-0.2, -0.15) is 0 Å². The summed E-state index contributed by atoms with van der Waals surface area (Å²) in [5.41, 5.74) is -0.00834. The summed E-state index contributed by atoms with van der Waals surface area (Å²) in [5, 5.41) is 0.406. The van der Waals surface area contributed by atoms with Crippen molar-refractivity contribution in [3.8, 4) is 5.75 Å². The number of esters is 3. The second kappa shape index (κ2) is 8.26. The number of hydrogen-bond acceptors (Lipinski definition) is 7. The molecule has 0 atom stereocenters. The Morgan fingerprint density at radius 1 is 0.769 bits per heavy atom. The minimum Gasteiger partial charge on any atom is -0.465 e. The molecule has 0 fully saturated rings. The van der Waals surface area contributed by atoms with Crippen LogP contribution in [0.4, 0.5) is 0 Å². The zero-order chi connectivity index (χ0) is 19.3. The van der Waals surface area contributed by atoms with E-state index < -0.39 is 23.7 Å². The fourth-order valence-electron chi connectivity index (χ4n) is 2.00. The molecule has 134 valence electrons. The Kier molecular flexibility index (Phi) is 6.08. The molecule has 0 heterocycles. The third kappa shape index (κ3) is 4.46. The average Bonchev–Trinajstić information content (AvgIpc) is 2.66. The molecule has 0 aromatic heterocycles. The lowest BCUT2D eigenvalue weighted by Crippen LogP contribution is -2.21. The maximum Gasteiger partial charge on any atom is 0.385 e. The number of ketones is 1. The lowest BCUT2D eigenvalue weighted by atomic mass is 10.1. The summed E-state index contributed by atoms with van der Waals surface area (Å²) >= 11 is 5.73. The number of ether oxygens (including phenoxy) is 3. The topological polar surface area (TPSA) is 96.0 Å². The molecule has 0 bridgehead atoms. The van der Waals surface area contributed by atoms with Gasteiger partial charge in [-0.05, 0) is 42.5 Å². The molecule has 0 unspecified atom stereocenters. The van der Waals surface area contributed by atoms with E-state index in [1.54, 1.807) is 0 Å². The summed E-state index contributed by atoms with van der Waals surface area (Å²) < 4.78 is 14.2. The van der Waals surface area contributed by atoms with Crippen LogP contribution in [-0.2, 0) is 14.3 Å². The van der Waals surface area contributed by atoms with Gasteiger partial charge in [0.15, 0.2) is 0 Å². The summed E-state index contributed by atoms with van der Waals surface area (Å²) in [6, 6.07) is 9.21. The molecule has 2 aromatic carbocycles. The van der Waals surface area contributed by atoms with Crippen molar-refractivity contribution in [2.75, 3.05) is 14.2 Å². The highest BCUT2D eigenvalue weighted by Crippen LogP contribution is 2.20. The van der Waals surface area contributed by atoms with E-state index in [4.69, 9.17) is 16.3 Å². The Morgan fingerprint density at radius 3 is 1.73 bits per heavy atom. The summed E-state index contributed by atoms with van der Waals surface area (Å²) in [6.07, 6.45) is 0. The predicted molar refractivity (Wildman–Crippen MR) is 90.5 cm³/mol. The first-order chi connectivity index (χ1) is 12.3. The summed E-state index contributed by atoms with van der Waals surface area (Å²) in [7, 11) is 2.31. The molecule has 0 amide bonds. The number of benzene rings is 2. The highest BCUT2D eigenvalue weighted by molar-refractivity contribution is 6.41. The Balaban J connectivity index is 2.30. The van der Waals surface area contributed by atoms with Gasteiger partial charge < -0.3 is 14.2 Å². The second-order valence-electron chi connectivity index (χ2n) is 4.95. The van der Waals surface area contributed by atoms with E-state index >= 15 is 0 Å². The largest absolute Gasteiger partial charge is 0.465 e. The Labute approximate surface area is 153 Å². The first kappa shape index (κ1) is 19.1. The van der Waals surface area contributed by atoms with Gasteiger partial charge >= 0.3 is 17.9 Å². The van der Waals surface area contributed by atoms with Crippen LogP contribution >= 0.6 is 11.6 Å². The number of carbonyl (C=O) groups is 4. The third-order valence-corrected chi connectivity index (χ3v) is 3.50. The van der Waals surface area contributed by atoms with Crippen molar-refractivity contribution in [2.24, 2.45) is 0 Å². The van der Waals surface area contributed by atoms with Crippen molar-refractivity contribution in [3.05, 3.63) is 64.2 Å². The minimum atomic E-state index is -1.19. The van der Waals surface area contributed by atoms with Crippen LogP contribution < -0.4 is 4.74 Å². The molecule has 0 radical (unpaired) electrons. The molecular formula is C18H13ClO7. The van der Waals surface area contributed by atoms with Gasteiger partial charge in [0.1, 0.15) is 5.75 Å². The predicted octanol–water partition coefficient (Wildman–Crippen LogP) is 2.70. The number of rotatable bonds is 5. The van der Waals surface area contributed by atoms with E-state index in [1.807, 2.05) is 0 Å². The molecule has 0 N–H and O–H groups in total. The first-order valence-corrected chi connectivity index (χ1v) is 7.57. The quantitative estimate of drug-likeness (QED) is 0.342. The Morgan fingerprint density at radius 2 is 1.27 bits per heavy atom. The summed E-state index contributed by atoms with van der Waals surface area (Å²) in [5.74, 6) is -3.79. The zero-order valence-electron chi connectivity index (χ0n) is 13.8. The molecular weight excluding hydrogens is 364 g/mol. The third-order valence-electron chi connectivity index (χ3n) is 3.25. The van der Waals surface area contributed by atoms with Gasteiger partial charge in [-0.1, -0.05) is 11.6 Å². The molecule has 0 spiro atoms. The molecule has 2 aromatic rings. The molecule has 0 saturated carbocycles. The lowest BCUT2D eigenvalue weighted by Gasteiger charge is -2.08. The highest BCUT2D eigenvalue weighted by atomic mass is 35.5. The van der Waals surface area contributed by atoms with E-state index in [0.717, 1.165) is 14.2 Å². The monoisotopic (exact) mass is 376 g/mol. The van der Waals surface area contributed by atoms with E-state index in [1.165, 1.54) is 42.5 Å². The maximum atomic E-state index is 12.1. The Bertz CT molecular complexity index is 837. The lowest BCUT2D eigenvalue weighted by molar-refractivity contribution is -0.129. The number of carbonyl (C=O) groups excluding carboxylic acids is 4. The molecule has 2 rings (SSSR count). The van der Waals surface area contributed by atoms with Crippen LogP contribution in [0.5, 0.6) is 5.75 Å². The average molecular weight is 377 g/mol. The van der Waals surface area contributed by atoms with Crippen molar-refractivity contribution in [3.63, 3.8) is 0 Å². The van der Waals surface area contributed by atoms with Gasteiger partial charge in [-0.15, -0.1) is 0 Å². The van der Waals surface area contributed by atoms with Crippen molar-refractivity contribution in [1.82, 2.24) is 0 Å². The van der Waals surface area contributed by atoms with Crippen LogP contribution in [0, 0.1) is 0 Å². The molecule has 0 saturated heterocycles. The van der Waals surface area contributed by atoms with E-state index in [-0.39, 0.29) is 22.4 Å². The molecule has 8 heteroatoms. The van der Waals surface area contributed by atoms with Gasteiger partial charge in [0.25, 0.3) is 5.78 Å². The molecule has 0 aliphatic heterocycles. The van der Waals surface area contributed by atoms with E-state index in [0.29, 0.717) is 5.02 Å². The van der Waals surface area contributed by atoms with Crippen LogP contribution in [0.25, 0.3) is 0 Å². The van der Waals surface area contributed by atoms with E-state index in [9.17, 15) is 19.2 Å². The van der Waals surface area contributed by atoms with E-state index in [2.05, 4.69) is 9.47 Å².